The smallest absolute Gasteiger partial charge is 0.274 e. The lowest BCUT2D eigenvalue weighted by molar-refractivity contribution is -0.119. The van der Waals surface area contributed by atoms with E-state index in [0.29, 0.717) is 11.8 Å². The standard InChI is InChI=1S/C28H28F5N3O5S/c1-28(2,3)18-9-5-16(6-10-18)13-36(19-11-7-17(8-12-19)27(38)34-39)21(37)15-35(42(4,40)41)14-20-22(29)24(31)26(33)25(32)23(20)30/h5-12,39H,13-15H2,1-4H3,(H,34,38). The van der Waals surface area contributed by atoms with Crippen LogP contribution in [-0.4, -0.2) is 42.5 Å². The lowest BCUT2D eigenvalue weighted by Gasteiger charge is -2.27. The van der Waals surface area contributed by atoms with Crippen LogP contribution in [0.4, 0.5) is 27.6 Å². The van der Waals surface area contributed by atoms with Gasteiger partial charge < -0.3 is 4.90 Å². The Morgan fingerprint density at radius 2 is 1.31 bits per heavy atom. The molecule has 0 spiro atoms. The van der Waals surface area contributed by atoms with Crippen molar-refractivity contribution < 1.29 is 45.2 Å². The van der Waals surface area contributed by atoms with Crippen molar-refractivity contribution in [2.45, 2.75) is 39.3 Å². The number of carbonyl (C=O) groups is 2. The molecule has 0 saturated carbocycles. The van der Waals surface area contributed by atoms with Crippen molar-refractivity contribution >= 4 is 27.5 Å². The molecular formula is C28H28F5N3O5S. The van der Waals surface area contributed by atoms with Gasteiger partial charge in [0, 0.05) is 23.4 Å². The van der Waals surface area contributed by atoms with E-state index >= 15 is 0 Å². The predicted molar refractivity (Wildman–Crippen MR) is 144 cm³/mol. The average Bonchev–Trinajstić information content (AvgIpc) is 2.94. The second-order valence-electron chi connectivity index (χ2n) is 10.5. The van der Waals surface area contributed by atoms with Crippen molar-refractivity contribution in [1.82, 2.24) is 9.79 Å². The molecule has 0 radical (unpaired) electrons. The molecule has 8 nitrogen and oxygen atoms in total. The summed E-state index contributed by atoms with van der Waals surface area (Å²) in [6, 6.07) is 12.5. The number of amides is 2. The average molecular weight is 614 g/mol. The number of sulfonamides is 1. The molecule has 3 aromatic carbocycles. The maximum atomic E-state index is 14.4. The molecule has 2 N–H and O–H groups in total. The van der Waals surface area contributed by atoms with E-state index in [2.05, 4.69) is 0 Å². The number of nitrogens with one attached hydrogen (secondary N) is 1. The van der Waals surface area contributed by atoms with Crippen LogP contribution in [0.5, 0.6) is 0 Å². The number of halogens is 5. The third-order valence-electron chi connectivity index (χ3n) is 6.42. The molecular weight excluding hydrogens is 585 g/mol. The summed E-state index contributed by atoms with van der Waals surface area (Å²) in [5.41, 5.74) is 1.69. The summed E-state index contributed by atoms with van der Waals surface area (Å²) in [5, 5.41) is 8.87. The maximum Gasteiger partial charge on any atom is 0.274 e. The summed E-state index contributed by atoms with van der Waals surface area (Å²) < 4.78 is 95.1. The van der Waals surface area contributed by atoms with Gasteiger partial charge in [-0.05, 0) is 40.8 Å². The maximum absolute atomic E-state index is 14.4. The third-order valence-corrected chi connectivity index (χ3v) is 7.62. The Kier molecular flexibility index (Phi) is 9.75. The summed E-state index contributed by atoms with van der Waals surface area (Å²) in [5.74, 6) is -13.1. The molecule has 14 heteroatoms. The highest BCUT2D eigenvalue weighted by Crippen LogP contribution is 2.27. The van der Waals surface area contributed by atoms with Crippen molar-refractivity contribution in [2.24, 2.45) is 0 Å². The fourth-order valence-corrected chi connectivity index (χ4v) is 4.67. The van der Waals surface area contributed by atoms with E-state index in [1.165, 1.54) is 29.7 Å². The zero-order valence-electron chi connectivity index (χ0n) is 23.0. The van der Waals surface area contributed by atoms with Crippen LogP contribution in [0.15, 0.2) is 48.5 Å². The lowest BCUT2D eigenvalue weighted by atomic mass is 9.87. The van der Waals surface area contributed by atoms with E-state index in [1.807, 2.05) is 32.9 Å². The van der Waals surface area contributed by atoms with Gasteiger partial charge in [-0.15, -0.1) is 0 Å². The quantitative estimate of drug-likeness (QED) is 0.119. The number of hydrogen-bond donors (Lipinski definition) is 2. The van der Waals surface area contributed by atoms with Gasteiger partial charge in [-0.3, -0.25) is 14.8 Å². The molecule has 0 atom stereocenters. The van der Waals surface area contributed by atoms with Gasteiger partial charge in [0.15, 0.2) is 23.3 Å². The number of anilines is 1. The molecule has 2 amide bonds. The fourth-order valence-electron chi connectivity index (χ4n) is 3.97. The van der Waals surface area contributed by atoms with Crippen LogP contribution >= 0.6 is 0 Å². The van der Waals surface area contributed by atoms with Crippen LogP contribution in [0.3, 0.4) is 0 Å². The molecule has 226 valence electrons. The molecule has 0 fully saturated rings. The van der Waals surface area contributed by atoms with Crippen molar-refractivity contribution in [3.05, 3.63) is 99.9 Å². The first kappa shape index (κ1) is 32.6. The molecule has 3 aromatic rings. The molecule has 0 aromatic heterocycles. The second-order valence-corrected chi connectivity index (χ2v) is 12.5. The van der Waals surface area contributed by atoms with Crippen molar-refractivity contribution in [2.75, 3.05) is 17.7 Å². The monoisotopic (exact) mass is 613 g/mol. The number of hydrogen-bond acceptors (Lipinski definition) is 5. The Hall–Kier alpha value is -3.88. The summed E-state index contributed by atoms with van der Waals surface area (Å²) in [6.07, 6.45) is 0.615. The zero-order valence-corrected chi connectivity index (χ0v) is 23.8. The van der Waals surface area contributed by atoms with E-state index < -0.39 is 69.6 Å². The van der Waals surface area contributed by atoms with Crippen LogP contribution in [0.1, 0.15) is 47.8 Å². The molecule has 0 aliphatic heterocycles. The predicted octanol–water partition coefficient (Wildman–Crippen LogP) is 4.79. The second kappa shape index (κ2) is 12.5. The highest BCUT2D eigenvalue weighted by atomic mass is 32.2. The van der Waals surface area contributed by atoms with Gasteiger partial charge in [0.05, 0.1) is 19.3 Å². The summed E-state index contributed by atoms with van der Waals surface area (Å²) in [4.78, 5) is 26.4. The number of hydroxylamine groups is 1. The van der Waals surface area contributed by atoms with Gasteiger partial charge in [-0.25, -0.2) is 35.8 Å². The van der Waals surface area contributed by atoms with Crippen molar-refractivity contribution in [3.63, 3.8) is 0 Å². The normalized spacial score (nSPS) is 12.0. The van der Waals surface area contributed by atoms with E-state index in [-0.39, 0.29) is 27.5 Å². The number of rotatable bonds is 9. The molecule has 0 bridgehead atoms. The molecule has 0 unspecified atom stereocenters. The lowest BCUT2D eigenvalue weighted by Crippen LogP contribution is -2.42. The first-order valence-electron chi connectivity index (χ1n) is 12.4. The van der Waals surface area contributed by atoms with Crippen molar-refractivity contribution in [1.29, 1.82) is 0 Å². The molecule has 42 heavy (non-hydrogen) atoms. The van der Waals surface area contributed by atoms with Gasteiger partial charge in [0.25, 0.3) is 5.91 Å². The number of benzene rings is 3. The van der Waals surface area contributed by atoms with E-state index in [4.69, 9.17) is 5.21 Å². The van der Waals surface area contributed by atoms with Crippen LogP contribution in [-0.2, 0) is 33.3 Å². The first-order chi connectivity index (χ1) is 19.4. The van der Waals surface area contributed by atoms with E-state index in [9.17, 15) is 40.0 Å². The van der Waals surface area contributed by atoms with E-state index in [1.54, 1.807) is 12.1 Å². The van der Waals surface area contributed by atoms with Gasteiger partial charge in [0.2, 0.25) is 21.7 Å². The topological polar surface area (TPSA) is 107 Å². The number of nitrogens with zero attached hydrogens (tertiary/aromatic N) is 2. The highest BCUT2D eigenvalue weighted by Gasteiger charge is 2.31. The largest absolute Gasteiger partial charge is 0.307 e. The van der Waals surface area contributed by atoms with Crippen LogP contribution in [0, 0.1) is 29.1 Å². The Morgan fingerprint density at radius 1 is 0.810 bits per heavy atom. The molecule has 0 heterocycles. The zero-order chi connectivity index (χ0) is 31.6. The van der Waals surface area contributed by atoms with Crippen LogP contribution in [0.25, 0.3) is 0 Å². The minimum Gasteiger partial charge on any atom is -0.307 e. The highest BCUT2D eigenvalue weighted by molar-refractivity contribution is 7.88. The van der Waals surface area contributed by atoms with Gasteiger partial charge in [-0.1, -0.05) is 45.0 Å². The van der Waals surface area contributed by atoms with E-state index in [0.717, 1.165) is 10.5 Å². The Balaban J connectivity index is 2.01. The summed E-state index contributed by atoms with van der Waals surface area (Å²) in [6.45, 7) is 3.55. The first-order valence-corrected chi connectivity index (χ1v) is 14.2. The van der Waals surface area contributed by atoms with Gasteiger partial charge in [0.1, 0.15) is 0 Å². The molecule has 0 aliphatic carbocycles. The van der Waals surface area contributed by atoms with Gasteiger partial charge >= 0.3 is 0 Å². The Labute approximate surface area is 239 Å². The Bertz CT molecular complexity index is 1560. The third kappa shape index (κ3) is 7.30. The summed E-state index contributed by atoms with van der Waals surface area (Å²) >= 11 is 0. The molecule has 0 saturated heterocycles. The Morgan fingerprint density at radius 3 is 1.76 bits per heavy atom. The molecule has 3 rings (SSSR count). The molecule has 0 aliphatic rings. The minimum atomic E-state index is -4.43. The SMILES string of the molecule is CC(C)(C)c1ccc(CN(C(=O)CN(Cc2c(F)c(F)c(F)c(F)c2F)S(C)(=O)=O)c2ccc(C(=O)NO)cc2)cc1. The van der Waals surface area contributed by atoms with Crippen molar-refractivity contribution in [3.8, 4) is 0 Å². The van der Waals surface area contributed by atoms with Crippen LogP contribution < -0.4 is 10.4 Å². The fraction of sp³-hybridized carbons (Fsp3) is 0.286. The van der Waals surface area contributed by atoms with Crippen LogP contribution in [0.2, 0.25) is 0 Å². The summed E-state index contributed by atoms with van der Waals surface area (Å²) in [7, 11) is -4.43. The van der Waals surface area contributed by atoms with Gasteiger partial charge in [-0.2, -0.15) is 4.31 Å². The minimum absolute atomic E-state index is 0.0345. The number of carbonyl (C=O) groups excluding carboxylic acids is 2.